The molecule has 0 aromatic heterocycles. The predicted octanol–water partition coefficient (Wildman–Crippen LogP) is 2.48. The minimum absolute atomic E-state index is 0.0483. The second-order valence-electron chi connectivity index (χ2n) is 6.81. The third-order valence-electron chi connectivity index (χ3n) is 3.61. The molecule has 0 N–H and O–H groups in total. The summed E-state index contributed by atoms with van der Waals surface area (Å²) >= 11 is 0. The highest BCUT2D eigenvalue weighted by Gasteiger charge is 2.68. The molecule has 0 unspecified atom stereocenters. The number of rotatable bonds is 3. The maximum absolute atomic E-state index is 11.9. The van der Waals surface area contributed by atoms with Crippen LogP contribution in [0.15, 0.2) is 0 Å². The highest BCUT2D eigenvalue weighted by Crippen LogP contribution is 2.73. The van der Waals surface area contributed by atoms with Crippen LogP contribution in [-0.4, -0.2) is 17.4 Å². The molecule has 2 bridgehead atoms. The van der Waals surface area contributed by atoms with Crippen LogP contribution in [0, 0.1) is 10.8 Å². The largest absolute Gasteiger partial charge is 0.460 e. The Bertz CT molecular complexity index is 329. The molecule has 0 aromatic rings. The lowest BCUT2D eigenvalue weighted by Gasteiger charge is -2.68. The topological polar surface area (TPSA) is 43.4 Å². The molecule has 0 atom stereocenters. The van der Waals surface area contributed by atoms with Crippen LogP contribution >= 0.6 is 0 Å². The van der Waals surface area contributed by atoms with E-state index < -0.39 is 5.60 Å². The van der Waals surface area contributed by atoms with Gasteiger partial charge in [-0.1, -0.05) is 6.92 Å². The van der Waals surface area contributed by atoms with Crippen LogP contribution in [0.3, 0.4) is 0 Å². The average molecular weight is 224 g/mol. The van der Waals surface area contributed by atoms with Crippen molar-refractivity contribution in [1.82, 2.24) is 0 Å². The Morgan fingerprint density at radius 2 is 1.69 bits per heavy atom. The zero-order valence-electron chi connectivity index (χ0n) is 10.6. The minimum Gasteiger partial charge on any atom is -0.460 e. The van der Waals surface area contributed by atoms with Gasteiger partial charge < -0.3 is 4.74 Å². The van der Waals surface area contributed by atoms with Gasteiger partial charge in [-0.2, -0.15) is 0 Å². The number of ether oxygens (including phenoxy) is 1. The van der Waals surface area contributed by atoms with Gasteiger partial charge in [-0.15, -0.1) is 0 Å². The summed E-state index contributed by atoms with van der Waals surface area (Å²) in [5.41, 5.74) is -0.238. The molecule has 90 valence electrons. The van der Waals surface area contributed by atoms with Gasteiger partial charge in [0, 0.05) is 5.41 Å². The smallest absolute Gasteiger partial charge is 0.313 e. The fourth-order valence-electron chi connectivity index (χ4n) is 3.29. The molecular weight excluding hydrogens is 204 g/mol. The molecule has 3 aliphatic rings. The van der Waals surface area contributed by atoms with E-state index in [4.69, 9.17) is 4.74 Å². The fraction of sp³-hybridized carbons (Fsp3) is 0.846. The number of esters is 1. The Labute approximate surface area is 96.5 Å². The molecule has 3 rings (SSSR count). The van der Waals surface area contributed by atoms with E-state index in [1.165, 1.54) is 0 Å². The van der Waals surface area contributed by atoms with Gasteiger partial charge in [-0.25, -0.2) is 0 Å². The Morgan fingerprint density at radius 3 is 2.06 bits per heavy atom. The highest BCUT2D eigenvalue weighted by molar-refractivity contribution is 6.00. The van der Waals surface area contributed by atoms with E-state index in [0.29, 0.717) is 5.41 Å². The molecule has 0 saturated heterocycles. The molecule has 0 radical (unpaired) electrons. The minimum atomic E-state index is -0.497. The van der Waals surface area contributed by atoms with Crippen LogP contribution in [0.5, 0.6) is 0 Å². The van der Waals surface area contributed by atoms with E-state index in [-0.39, 0.29) is 23.6 Å². The lowest BCUT2D eigenvalue weighted by atomic mass is 9.34. The van der Waals surface area contributed by atoms with Crippen molar-refractivity contribution < 1.29 is 14.3 Å². The van der Waals surface area contributed by atoms with Crippen molar-refractivity contribution in [1.29, 1.82) is 0 Å². The molecule has 3 heteroatoms. The van der Waals surface area contributed by atoms with Crippen molar-refractivity contribution in [2.24, 2.45) is 10.8 Å². The third-order valence-corrected chi connectivity index (χ3v) is 3.61. The fourth-order valence-corrected chi connectivity index (χ4v) is 3.29. The number of carbonyl (C=O) groups excluding carboxylic acids is 2. The molecule has 0 aliphatic heterocycles. The van der Waals surface area contributed by atoms with E-state index in [0.717, 1.165) is 19.3 Å². The summed E-state index contributed by atoms with van der Waals surface area (Å²) < 4.78 is 5.15. The van der Waals surface area contributed by atoms with Gasteiger partial charge in [0.1, 0.15) is 17.8 Å². The molecule has 0 aromatic carbocycles. The van der Waals surface area contributed by atoms with Crippen molar-refractivity contribution in [3.63, 3.8) is 0 Å². The van der Waals surface area contributed by atoms with Crippen LogP contribution in [0.25, 0.3) is 0 Å². The van der Waals surface area contributed by atoms with Gasteiger partial charge in [-0.05, 0) is 45.4 Å². The van der Waals surface area contributed by atoms with Gasteiger partial charge in [-0.3, -0.25) is 9.59 Å². The maximum atomic E-state index is 11.9. The van der Waals surface area contributed by atoms with Crippen LogP contribution in [0.2, 0.25) is 0 Å². The van der Waals surface area contributed by atoms with E-state index in [9.17, 15) is 9.59 Å². The van der Waals surface area contributed by atoms with Crippen LogP contribution in [-0.2, 0) is 14.3 Å². The summed E-state index contributed by atoms with van der Waals surface area (Å²) in [7, 11) is 0. The first-order chi connectivity index (χ1) is 7.14. The summed E-state index contributed by atoms with van der Waals surface area (Å²) in [6, 6.07) is 0. The lowest BCUT2D eigenvalue weighted by Crippen LogP contribution is -2.64. The zero-order chi connectivity index (χ0) is 12.2. The Balaban J connectivity index is 1.83. The lowest BCUT2D eigenvalue weighted by molar-refractivity contribution is -0.199. The molecule has 3 nitrogen and oxygen atoms in total. The normalized spacial score (nSPS) is 36.0. The number of hydrogen-bond donors (Lipinski definition) is 0. The van der Waals surface area contributed by atoms with Gasteiger partial charge in [0.15, 0.2) is 0 Å². The molecule has 16 heavy (non-hydrogen) atoms. The van der Waals surface area contributed by atoms with Crippen molar-refractivity contribution in [2.45, 2.75) is 59.0 Å². The average Bonchev–Trinajstić information content (AvgIpc) is 1.92. The number of Topliss-reactive ketones (excluding diaryl/α,β-unsaturated/α-hetero) is 1. The van der Waals surface area contributed by atoms with Gasteiger partial charge in [0.25, 0.3) is 0 Å². The third kappa shape index (κ3) is 1.87. The van der Waals surface area contributed by atoms with Crippen molar-refractivity contribution in [3.05, 3.63) is 0 Å². The van der Waals surface area contributed by atoms with E-state index in [2.05, 4.69) is 6.92 Å². The van der Waals surface area contributed by atoms with Crippen LogP contribution in [0.4, 0.5) is 0 Å². The predicted molar refractivity (Wildman–Crippen MR) is 59.9 cm³/mol. The quantitative estimate of drug-likeness (QED) is 0.546. The first-order valence-electron chi connectivity index (χ1n) is 5.89. The SMILES string of the molecule is CC12CC(C(=O)CC(=O)OC(C)(C)C)(C1)C2. The zero-order valence-corrected chi connectivity index (χ0v) is 10.6. The number of hydrogen-bond acceptors (Lipinski definition) is 3. The maximum Gasteiger partial charge on any atom is 0.313 e. The van der Waals surface area contributed by atoms with Gasteiger partial charge in [0.2, 0.25) is 0 Å². The Hall–Kier alpha value is -0.860. The van der Waals surface area contributed by atoms with E-state index in [1.807, 2.05) is 20.8 Å². The first kappa shape index (κ1) is 11.6. The monoisotopic (exact) mass is 224 g/mol. The summed E-state index contributed by atoms with van der Waals surface area (Å²) in [6.45, 7) is 7.65. The summed E-state index contributed by atoms with van der Waals surface area (Å²) in [5.74, 6) is -0.294. The molecule has 0 heterocycles. The van der Waals surface area contributed by atoms with E-state index >= 15 is 0 Å². The highest BCUT2D eigenvalue weighted by atomic mass is 16.6. The second kappa shape index (κ2) is 3.08. The van der Waals surface area contributed by atoms with Gasteiger partial charge >= 0.3 is 5.97 Å². The molecule has 3 fully saturated rings. The Kier molecular flexibility index (Phi) is 2.24. The molecular formula is C13H20O3. The summed E-state index contributed by atoms with van der Waals surface area (Å²) in [6.07, 6.45) is 2.87. The standard InChI is InChI=1S/C13H20O3/c1-11(2,3)16-10(15)5-9(14)13-6-12(4,7-13)8-13/h5-8H2,1-4H3. The van der Waals surface area contributed by atoms with Crippen LogP contribution in [0.1, 0.15) is 53.4 Å². The number of carbonyl (C=O) groups is 2. The molecule has 0 spiro atoms. The number of ketones is 1. The van der Waals surface area contributed by atoms with Crippen LogP contribution < -0.4 is 0 Å². The molecule has 0 amide bonds. The van der Waals surface area contributed by atoms with Crippen molar-refractivity contribution in [2.75, 3.05) is 0 Å². The molecule has 3 saturated carbocycles. The molecule has 3 aliphatic carbocycles. The van der Waals surface area contributed by atoms with Crippen molar-refractivity contribution in [3.8, 4) is 0 Å². The summed E-state index contributed by atoms with van der Waals surface area (Å²) in [5, 5.41) is 0. The van der Waals surface area contributed by atoms with Gasteiger partial charge in [0.05, 0.1) is 0 Å². The second-order valence-corrected chi connectivity index (χ2v) is 6.81. The first-order valence-corrected chi connectivity index (χ1v) is 5.89. The van der Waals surface area contributed by atoms with E-state index in [1.54, 1.807) is 0 Å². The Morgan fingerprint density at radius 1 is 1.19 bits per heavy atom. The summed E-state index contributed by atoms with van der Waals surface area (Å²) in [4.78, 5) is 23.4. The van der Waals surface area contributed by atoms with Crippen molar-refractivity contribution >= 4 is 11.8 Å².